The SMILES string of the molecule is O=C(CCl)NCC1CCC=CO1. The molecule has 0 fully saturated rings. The first-order valence-corrected chi connectivity index (χ1v) is 4.49. The fourth-order valence-corrected chi connectivity index (χ4v) is 1.10. The maximum atomic E-state index is 10.7. The van der Waals surface area contributed by atoms with Crippen molar-refractivity contribution in [3.63, 3.8) is 0 Å². The molecule has 1 rings (SSSR count). The molecular formula is C8H12ClNO2. The summed E-state index contributed by atoms with van der Waals surface area (Å²) in [5.41, 5.74) is 0. The van der Waals surface area contributed by atoms with E-state index >= 15 is 0 Å². The summed E-state index contributed by atoms with van der Waals surface area (Å²) in [6.07, 6.45) is 5.74. The topological polar surface area (TPSA) is 38.3 Å². The van der Waals surface area contributed by atoms with Gasteiger partial charge in [0, 0.05) is 0 Å². The van der Waals surface area contributed by atoms with Gasteiger partial charge in [0.25, 0.3) is 0 Å². The van der Waals surface area contributed by atoms with Gasteiger partial charge in [0.1, 0.15) is 12.0 Å². The summed E-state index contributed by atoms with van der Waals surface area (Å²) < 4.78 is 5.23. The molecule has 0 aromatic carbocycles. The number of halogens is 1. The molecule has 1 aliphatic heterocycles. The average Bonchev–Trinajstić information content (AvgIpc) is 2.16. The van der Waals surface area contributed by atoms with Crippen LogP contribution in [0.5, 0.6) is 0 Å². The largest absolute Gasteiger partial charge is 0.497 e. The molecule has 3 nitrogen and oxygen atoms in total. The van der Waals surface area contributed by atoms with Gasteiger partial charge in [0.15, 0.2) is 0 Å². The molecule has 0 spiro atoms. The number of carbonyl (C=O) groups excluding carboxylic acids is 1. The molecule has 0 saturated heterocycles. The number of hydrogen-bond acceptors (Lipinski definition) is 2. The number of nitrogens with one attached hydrogen (secondary N) is 1. The first kappa shape index (κ1) is 9.39. The van der Waals surface area contributed by atoms with Crippen molar-refractivity contribution in [1.82, 2.24) is 5.32 Å². The first-order valence-electron chi connectivity index (χ1n) is 3.96. The highest BCUT2D eigenvalue weighted by Crippen LogP contribution is 2.08. The van der Waals surface area contributed by atoms with Crippen LogP contribution in [0, 0.1) is 0 Å². The maximum Gasteiger partial charge on any atom is 0.235 e. The van der Waals surface area contributed by atoms with Crippen LogP contribution in [0.4, 0.5) is 0 Å². The molecule has 1 unspecified atom stereocenters. The van der Waals surface area contributed by atoms with E-state index in [4.69, 9.17) is 16.3 Å². The molecule has 1 aliphatic rings. The zero-order valence-electron chi connectivity index (χ0n) is 6.75. The molecule has 4 heteroatoms. The van der Waals surface area contributed by atoms with E-state index < -0.39 is 0 Å². The minimum Gasteiger partial charge on any atom is -0.497 e. The molecule has 0 bridgehead atoms. The number of hydrogen-bond donors (Lipinski definition) is 1. The molecule has 12 heavy (non-hydrogen) atoms. The van der Waals surface area contributed by atoms with Gasteiger partial charge in [-0.05, 0) is 18.9 Å². The Labute approximate surface area is 76.7 Å². The van der Waals surface area contributed by atoms with E-state index in [1.165, 1.54) is 0 Å². The lowest BCUT2D eigenvalue weighted by atomic mass is 10.1. The van der Waals surface area contributed by atoms with Gasteiger partial charge in [-0.1, -0.05) is 0 Å². The van der Waals surface area contributed by atoms with Gasteiger partial charge in [-0.15, -0.1) is 11.6 Å². The van der Waals surface area contributed by atoms with E-state index in [-0.39, 0.29) is 17.9 Å². The number of allylic oxidation sites excluding steroid dienone is 1. The van der Waals surface area contributed by atoms with Crippen LogP contribution in [0.15, 0.2) is 12.3 Å². The Morgan fingerprint density at radius 1 is 1.75 bits per heavy atom. The van der Waals surface area contributed by atoms with Crippen LogP contribution in [0.1, 0.15) is 12.8 Å². The van der Waals surface area contributed by atoms with Gasteiger partial charge in [-0.2, -0.15) is 0 Å². The summed E-state index contributed by atoms with van der Waals surface area (Å²) in [5.74, 6) is -0.127. The number of amides is 1. The summed E-state index contributed by atoms with van der Waals surface area (Å²) in [6, 6.07) is 0. The van der Waals surface area contributed by atoms with E-state index in [9.17, 15) is 4.79 Å². The van der Waals surface area contributed by atoms with Crippen molar-refractivity contribution >= 4 is 17.5 Å². The second-order valence-corrected chi connectivity index (χ2v) is 2.91. The molecule has 0 aromatic rings. The third-order valence-electron chi connectivity index (χ3n) is 1.67. The lowest BCUT2D eigenvalue weighted by Gasteiger charge is -2.19. The summed E-state index contributed by atoms with van der Waals surface area (Å²) in [6.45, 7) is 0.551. The number of rotatable bonds is 3. The Morgan fingerprint density at radius 2 is 2.58 bits per heavy atom. The number of carbonyl (C=O) groups is 1. The summed E-state index contributed by atoms with van der Waals surface area (Å²) in [5, 5.41) is 2.67. The molecule has 0 aliphatic carbocycles. The van der Waals surface area contributed by atoms with Crippen LogP contribution in [-0.2, 0) is 9.53 Å². The normalized spacial score (nSPS) is 21.6. The van der Waals surface area contributed by atoms with Gasteiger partial charge >= 0.3 is 0 Å². The highest BCUT2D eigenvalue weighted by molar-refractivity contribution is 6.27. The third-order valence-corrected chi connectivity index (χ3v) is 1.91. The minimum atomic E-state index is -0.144. The number of ether oxygens (including phenoxy) is 1. The van der Waals surface area contributed by atoms with E-state index in [1.807, 2.05) is 6.08 Å². The van der Waals surface area contributed by atoms with Crippen LogP contribution in [0.3, 0.4) is 0 Å². The van der Waals surface area contributed by atoms with Crippen molar-refractivity contribution in [2.75, 3.05) is 12.4 Å². The predicted octanol–water partition coefficient (Wildman–Crippen LogP) is 1.03. The monoisotopic (exact) mass is 189 g/mol. The summed E-state index contributed by atoms with van der Waals surface area (Å²) >= 11 is 5.30. The second-order valence-electron chi connectivity index (χ2n) is 2.64. The molecule has 68 valence electrons. The fraction of sp³-hybridized carbons (Fsp3) is 0.625. The van der Waals surface area contributed by atoms with Crippen molar-refractivity contribution in [2.45, 2.75) is 18.9 Å². The van der Waals surface area contributed by atoms with Crippen molar-refractivity contribution in [3.8, 4) is 0 Å². The fourth-order valence-electron chi connectivity index (χ4n) is 1.01. The lowest BCUT2D eigenvalue weighted by molar-refractivity contribution is -0.119. The van der Waals surface area contributed by atoms with Crippen LogP contribution < -0.4 is 5.32 Å². The van der Waals surface area contributed by atoms with Crippen molar-refractivity contribution < 1.29 is 9.53 Å². The predicted molar refractivity (Wildman–Crippen MR) is 47.0 cm³/mol. The van der Waals surface area contributed by atoms with Crippen LogP contribution in [0.25, 0.3) is 0 Å². The zero-order chi connectivity index (χ0) is 8.81. The van der Waals surface area contributed by atoms with E-state index in [1.54, 1.807) is 6.26 Å². The highest BCUT2D eigenvalue weighted by Gasteiger charge is 2.11. The van der Waals surface area contributed by atoms with Crippen LogP contribution >= 0.6 is 11.6 Å². The minimum absolute atomic E-state index is 0.0164. The third kappa shape index (κ3) is 3.13. The Hall–Kier alpha value is -0.700. The molecule has 1 amide bonds. The Kier molecular flexibility index (Phi) is 3.94. The van der Waals surface area contributed by atoms with Crippen molar-refractivity contribution in [2.24, 2.45) is 0 Å². The molecule has 0 aromatic heterocycles. The van der Waals surface area contributed by atoms with Crippen LogP contribution in [0.2, 0.25) is 0 Å². The van der Waals surface area contributed by atoms with Gasteiger partial charge in [0.05, 0.1) is 12.8 Å². The Morgan fingerprint density at radius 3 is 3.17 bits per heavy atom. The Balaban J connectivity index is 2.14. The quantitative estimate of drug-likeness (QED) is 0.674. The van der Waals surface area contributed by atoms with Crippen molar-refractivity contribution in [1.29, 1.82) is 0 Å². The zero-order valence-corrected chi connectivity index (χ0v) is 7.51. The molecule has 1 atom stereocenters. The molecule has 0 saturated carbocycles. The standard InChI is InChI=1S/C8H12ClNO2/c9-5-8(11)10-6-7-3-1-2-4-12-7/h2,4,7H,1,3,5-6H2,(H,10,11). The van der Waals surface area contributed by atoms with E-state index in [0.29, 0.717) is 6.54 Å². The van der Waals surface area contributed by atoms with Gasteiger partial charge in [-0.3, -0.25) is 4.79 Å². The molecular weight excluding hydrogens is 178 g/mol. The molecule has 1 heterocycles. The summed E-state index contributed by atoms with van der Waals surface area (Å²) in [4.78, 5) is 10.7. The van der Waals surface area contributed by atoms with E-state index in [2.05, 4.69) is 5.32 Å². The van der Waals surface area contributed by atoms with Gasteiger partial charge < -0.3 is 10.1 Å². The van der Waals surface area contributed by atoms with E-state index in [0.717, 1.165) is 12.8 Å². The van der Waals surface area contributed by atoms with Gasteiger partial charge in [0.2, 0.25) is 5.91 Å². The van der Waals surface area contributed by atoms with Crippen LogP contribution in [-0.4, -0.2) is 24.4 Å². The average molecular weight is 190 g/mol. The molecule has 0 radical (unpaired) electrons. The first-order chi connectivity index (χ1) is 5.83. The molecule has 1 N–H and O–H groups in total. The number of alkyl halides is 1. The highest BCUT2D eigenvalue weighted by atomic mass is 35.5. The summed E-state index contributed by atoms with van der Waals surface area (Å²) in [7, 11) is 0. The maximum absolute atomic E-state index is 10.7. The second kappa shape index (κ2) is 5.04. The van der Waals surface area contributed by atoms with Gasteiger partial charge in [-0.25, -0.2) is 0 Å². The lowest BCUT2D eigenvalue weighted by Crippen LogP contribution is -2.34. The smallest absolute Gasteiger partial charge is 0.235 e. The Bertz CT molecular complexity index is 182. The van der Waals surface area contributed by atoms with Crippen molar-refractivity contribution in [3.05, 3.63) is 12.3 Å².